The Labute approximate surface area is 194 Å². The van der Waals surface area contributed by atoms with Gasteiger partial charge in [0.25, 0.3) is 0 Å². The van der Waals surface area contributed by atoms with Gasteiger partial charge in [-0.3, -0.25) is 9.59 Å². The molecule has 3 aromatic rings. The van der Waals surface area contributed by atoms with Gasteiger partial charge in [0.1, 0.15) is 18.1 Å². The van der Waals surface area contributed by atoms with Crippen LogP contribution < -0.4 is 10.1 Å². The summed E-state index contributed by atoms with van der Waals surface area (Å²) in [5.41, 5.74) is 5.01. The first kappa shape index (κ1) is 21.2. The van der Waals surface area contributed by atoms with Crippen molar-refractivity contribution in [2.45, 2.75) is 38.2 Å². The van der Waals surface area contributed by atoms with E-state index in [4.69, 9.17) is 4.74 Å². The molecule has 4 heteroatoms. The first-order valence-electron chi connectivity index (χ1n) is 11.4. The summed E-state index contributed by atoms with van der Waals surface area (Å²) in [7, 11) is 0. The number of amides is 1. The van der Waals surface area contributed by atoms with Gasteiger partial charge in [-0.15, -0.1) is 0 Å². The standard InChI is InChI=1S/C29H27NO3/c1-19-11-13-21(14-12-19)22-15-25-29(26(31)16-22)24(17-28(32)30-25)23-9-5-6-10-27(23)33-18-20-7-3-2-4-8-20/h2-15,22,24,29H,16-18H2,1H3,(H,30,32)/t22-,24-,29+/m0/s1. The molecule has 1 fully saturated rings. The Morgan fingerprint density at radius 1 is 0.879 bits per heavy atom. The molecule has 1 aliphatic carbocycles. The third-order valence-electron chi connectivity index (χ3n) is 6.64. The van der Waals surface area contributed by atoms with Crippen LogP contribution in [-0.2, 0) is 16.2 Å². The number of ketones is 1. The zero-order valence-corrected chi connectivity index (χ0v) is 18.7. The number of fused-ring (bicyclic) bond motifs is 1. The van der Waals surface area contributed by atoms with E-state index in [0.29, 0.717) is 13.0 Å². The SMILES string of the molecule is Cc1ccc([C@H]2C=C3NC(=O)C[C@@H](c4ccccc4OCc4ccccc4)[C@H]3C(=O)C2)cc1. The molecule has 166 valence electrons. The number of piperidine rings is 1. The number of ether oxygens (including phenoxy) is 1. The zero-order valence-electron chi connectivity index (χ0n) is 18.7. The lowest BCUT2D eigenvalue weighted by Gasteiger charge is -2.37. The summed E-state index contributed by atoms with van der Waals surface area (Å²) >= 11 is 0. The fourth-order valence-corrected chi connectivity index (χ4v) is 4.96. The Morgan fingerprint density at radius 2 is 1.61 bits per heavy atom. The first-order valence-corrected chi connectivity index (χ1v) is 11.4. The van der Waals surface area contributed by atoms with Gasteiger partial charge in [0.15, 0.2) is 0 Å². The molecule has 1 amide bonds. The van der Waals surface area contributed by atoms with Crippen LogP contribution in [0.2, 0.25) is 0 Å². The molecule has 0 spiro atoms. The highest BCUT2D eigenvalue weighted by Gasteiger charge is 2.42. The number of Topliss-reactive ketones (excluding diaryl/α,β-unsaturated/α-hetero) is 1. The molecule has 0 saturated carbocycles. The number of rotatable bonds is 5. The monoisotopic (exact) mass is 437 g/mol. The van der Waals surface area contributed by atoms with E-state index >= 15 is 0 Å². The summed E-state index contributed by atoms with van der Waals surface area (Å²) in [5.74, 6) is 0.231. The summed E-state index contributed by atoms with van der Waals surface area (Å²) in [6.07, 6.45) is 2.79. The normalized spacial score (nSPS) is 22.2. The van der Waals surface area contributed by atoms with Crippen LogP contribution in [0.25, 0.3) is 0 Å². The van der Waals surface area contributed by atoms with Gasteiger partial charge in [0, 0.05) is 30.4 Å². The highest BCUT2D eigenvalue weighted by molar-refractivity contribution is 5.92. The minimum Gasteiger partial charge on any atom is -0.489 e. The zero-order chi connectivity index (χ0) is 22.8. The van der Waals surface area contributed by atoms with E-state index in [1.54, 1.807) is 0 Å². The third kappa shape index (κ3) is 4.47. The summed E-state index contributed by atoms with van der Waals surface area (Å²) in [5, 5.41) is 3.00. The van der Waals surface area contributed by atoms with E-state index < -0.39 is 0 Å². The predicted octanol–water partition coefficient (Wildman–Crippen LogP) is 5.43. The van der Waals surface area contributed by atoms with Crippen molar-refractivity contribution in [2.75, 3.05) is 0 Å². The molecule has 0 unspecified atom stereocenters. The molecule has 0 bridgehead atoms. The van der Waals surface area contributed by atoms with Crippen molar-refractivity contribution >= 4 is 11.7 Å². The maximum Gasteiger partial charge on any atom is 0.224 e. The number of carbonyl (C=O) groups excluding carboxylic acids is 2. The molecule has 1 aliphatic heterocycles. The molecule has 2 aliphatic rings. The lowest BCUT2D eigenvalue weighted by molar-refractivity contribution is -0.127. The van der Waals surface area contributed by atoms with Gasteiger partial charge in [0.2, 0.25) is 5.91 Å². The van der Waals surface area contributed by atoms with Gasteiger partial charge in [-0.05, 0) is 29.7 Å². The molecule has 33 heavy (non-hydrogen) atoms. The number of benzene rings is 3. The lowest BCUT2D eigenvalue weighted by atomic mass is 9.70. The Morgan fingerprint density at radius 3 is 2.39 bits per heavy atom. The molecule has 5 rings (SSSR count). The van der Waals surface area contributed by atoms with Crippen LogP contribution >= 0.6 is 0 Å². The van der Waals surface area contributed by atoms with Crippen molar-refractivity contribution in [1.82, 2.24) is 5.32 Å². The van der Waals surface area contributed by atoms with Gasteiger partial charge in [0.05, 0.1) is 5.92 Å². The van der Waals surface area contributed by atoms with Crippen LogP contribution in [0.15, 0.2) is 90.6 Å². The van der Waals surface area contributed by atoms with E-state index in [9.17, 15) is 9.59 Å². The smallest absolute Gasteiger partial charge is 0.224 e. The second-order valence-corrected chi connectivity index (χ2v) is 8.96. The van der Waals surface area contributed by atoms with Crippen LogP contribution in [0.1, 0.15) is 46.9 Å². The molecule has 0 radical (unpaired) electrons. The number of para-hydroxylation sites is 1. The molecule has 3 aromatic carbocycles. The summed E-state index contributed by atoms with van der Waals surface area (Å²) in [6, 6.07) is 26.0. The number of allylic oxidation sites excluding steroid dienone is 2. The van der Waals surface area contributed by atoms with Crippen LogP contribution in [0, 0.1) is 12.8 Å². The van der Waals surface area contributed by atoms with E-state index in [-0.39, 0.29) is 35.9 Å². The third-order valence-corrected chi connectivity index (χ3v) is 6.64. The summed E-state index contributed by atoms with van der Waals surface area (Å²) < 4.78 is 6.17. The van der Waals surface area contributed by atoms with Crippen LogP contribution in [0.3, 0.4) is 0 Å². The number of hydrogen-bond acceptors (Lipinski definition) is 3. The van der Waals surface area contributed by atoms with Crippen molar-refractivity contribution in [3.05, 3.63) is 113 Å². The molecule has 4 nitrogen and oxygen atoms in total. The van der Waals surface area contributed by atoms with Crippen molar-refractivity contribution in [1.29, 1.82) is 0 Å². The van der Waals surface area contributed by atoms with Gasteiger partial charge >= 0.3 is 0 Å². The van der Waals surface area contributed by atoms with Crippen molar-refractivity contribution < 1.29 is 14.3 Å². The van der Waals surface area contributed by atoms with Crippen molar-refractivity contribution in [3.63, 3.8) is 0 Å². The van der Waals surface area contributed by atoms with Crippen LogP contribution in [-0.4, -0.2) is 11.7 Å². The van der Waals surface area contributed by atoms with E-state index in [1.165, 1.54) is 5.56 Å². The Hall–Kier alpha value is -3.66. The average Bonchev–Trinajstić information content (AvgIpc) is 2.83. The van der Waals surface area contributed by atoms with Gasteiger partial charge in [-0.1, -0.05) is 84.4 Å². The van der Waals surface area contributed by atoms with Crippen LogP contribution in [0.5, 0.6) is 5.75 Å². The van der Waals surface area contributed by atoms with E-state index in [0.717, 1.165) is 28.1 Å². The Bertz CT molecular complexity index is 1200. The predicted molar refractivity (Wildman–Crippen MR) is 128 cm³/mol. The van der Waals surface area contributed by atoms with Gasteiger partial charge in [-0.2, -0.15) is 0 Å². The van der Waals surface area contributed by atoms with Crippen molar-refractivity contribution in [2.24, 2.45) is 5.92 Å². The lowest BCUT2D eigenvalue weighted by Crippen LogP contribution is -2.43. The number of aryl methyl sites for hydroxylation is 1. The molecular weight excluding hydrogens is 410 g/mol. The Balaban J connectivity index is 1.45. The molecule has 1 heterocycles. The fourth-order valence-electron chi connectivity index (χ4n) is 4.96. The molecule has 3 atom stereocenters. The topological polar surface area (TPSA) is 55.4 Å². The summed E-state index contributed by atoms with van der Waals surface area (Å²) in [4.78, 5) is 26.1. The maximum absolute atomic E-state index is 13.4. The van der Waals surface area contributed by atoms with Crippen LogP contribution in [0.4, 0.5) is 0 Å². The maximum atomic E-state index is 13.4. The molecule has 1 saturated heterocycles. The first-order chi connectivity index (χ1) is 16.1. The molecule has 0 aromatic heterocycles. The minimum atomic E-state index is -0.356. The highest BCUT2D eigenvalue weighted by atomic mass is 16.5. The molecular formula is C29H27NO3. The number of nitrogens with one attached hydrogen (secondary N) is 1. The number of carbonyl (C=O) groups is 2. The van der Waals surface area contributed by atoms with Gasteiger partial charge in [-0.25, -0.2) is 0 Å². The average molecular weight is 438 g/mol. The number of hydrogen-bond donors (Lipinski definition) is 1. The second-order valence-electron chi connectivity index (χ2n) is 8.96. The van der Waals surface area contributed by atoms with E-state index in [2.05, 4.69) is 35.7 Å². The summed E-state index contributed by atoms with van der Waals surface area (Å²) in [6.45, 7) is 2.49. The second kappa shape index (κ2) is 9.07. The minimum absolute atomic E-state index is 0.0204. The molecule has 1 N–H and O–H groups in total. The van der Waals surface area contributed by atoms with Gasteiger partial charge < -0.3 is 10.1 Å². The quantitative estimate of drug-likeness (QED) is 0.579. The highest BCUT2D eigenvalue weighted by Crippen LogP contribution is 2.45. The van der Waals surface area contributed by atoms with E-state index in [1.807, 2.05) is 61.5 Å². The Kier molecular flexibility index (Phi) is 5.82. The fraction of sp³-hybridized carbons (Fsp3) is 0.241. The van der Waals surface area contributed by atoms with Crippen molar-refractivity contribution in [3.8, 4) is 5.75 Å². The largest absolute Gasteiger partial charge is 0.489 e.